The number of hydrogen-bond donors (Lipinski definition) is 1. The molecule has 4 nitrogen and oxygen atoms in total. The highest BCUT2D eigenvalue weighted by molar-refractivity contribution is 9.10. The van der Waals surface area contributed by atoms with Gasteiger partial charge in [0, 0.05) is 0 Å². The van der Waals surface area contributed by atoms with Crippen LogP contribution in [0.1, 0.15) is 11.4 Å². The van der Waals surface area contributed by atoms with Crippen molar-refractivity contribution in [2.75, 3.05) is 7.05 Å². The summed E-state index contributed by atoms with van der Waals surface area (Å²) < 4.78 is 15.2. The average molecular weight is 299 g/mol. The molecule has 2 aromatic rings. The SMILES string of the molecule is CNCc1ncn(Cc2ccc(F)c(Br)c2)n1. The molecule has 0 fully saturated rings. The zero-order valence-electron chi connectivity index (χ0n) is 9.32. The van der Waals surface area contributed by atoms with Crippen LogP contribution in [0.25, 0.3) is 0 Å². The van der Waals surface area contributed by atoms with Crippen LogP contribution < -0.4 is 5.32 Å². The highest BCUT2D eigenvalue weighted by atomic mass is 79.9. The van der Waals surface area contributed by atoms with Crippen LogP contribution in [-0.4, -0.2) is 21.8 Å². The first-order valence-corrected chi connectivity index (χ1v) is 5.95. The molecule has 0 saturated carbocycles. The van der Waals surface area contributed by atoms with Crippen LogP contribution in [0.15, 0.2) is 29.0 Å². The van der Waals surface area contributed by atoms with Gasteiger partial charge in [-0.1, -0.05) is 6.07 Å². The molecule has 0 saturated heterocycles. The van der Waals surface area contributed by atoms with Crippen LogP contribution in [0.3, 0.4) is 0 Å². The highest BCUT2D eigenvalue weighted by Gasteiger charge is 2.03. The molecule has 0 aliphatic heterocycles. The lowest BCUT2D eigenvalue weighted by atomic mass is 10.2. The molecule has 0 atom stereocenters. The van der Waals surface area contributed by atoms with Crippen molar-refractivity contribution in [1.29, 1.82) is 0 Å². The van der Waals surface area contributed by atoms with E-state index in [4.69, 9.17) is 0 Å². The monoisotopic (exact) mass is 298 g/mol. The lowest BCUT2D eigenvalue weighted by molar-refractivity contribution is 0.616. The summed E-state index contributed by atoms with van der Waals surface area (Å²) in [7, 11) is 1.85. The summed E-state index contributed by atoms with van der Waals surface area (Å²) in [6, 6.07) is 4.92. The van der Waals surface area contributed by atoms with Crippen LogP contribution >= 0.6 is 15.9 Å². The smallest absolute Gasteiger partial charge is 0.164 e. The lowest BCUT2D eigenvalue weighted by Crippen LogP contribution is -2.08. The van der Waals surface area contributed by atoms with Crippen LogP contribution in [0.2, 0.25) is 0 Å². The lowest BCUT2D eigenvalue weighted by Gasteiger charge is -2.02. The molecule has 1 aromatic carbocycles. The molecule has 17 heavy (non-hydrogen) atoms. The van der Waals surface area contributed by atoms with Gasteiger partial charge in [0.15, 0.2) is 5.82 Å². The van der Waals surface area contributed by atoms with E-state index in [9.17, 15) is 4.39 Å². The van der Waals surface area contributed by atoms with E-state index in [-0.39, 0.29) is 5.82 Å². The molecule has 0 spiro atoms. The van der Waals surface area contributed by atoms with Crippen LogP contribution in [-0.2, 0) is 13.1 Å². The van der Waals surface area contributed by atoms with Crippen LogP contribution in [0.4, 0.5) is 4.39 Å². The van der Waals surface area contributed by atoms with Gasteiger partial charge in [-0.25, -0.2) is 14.1 Å². The van der Waals surface area contributed by atoms with Gasteiger partial charge in [-0.05, 0) is 40.7 Å². The van der Waals surface area contributed by atoms with E-state index >= 15 is 0 Å². The average Bonchev–Trinajstić information content (AvgIpc) is 2.72. The first-order valence-electron chi connectivity index (χ1n) is 5.16. The minimum absolute atomic E-state index is 0.261. The van der Waals surface area contributed by atoms with E-state index in [0.29, 0.717) is 17.6 Å². The van der Waals surface area contributed by atoms with E-state index in [1.54, 1.807) is 23.1 Å². The second kappa shape index (κ2) is 5.37. The summed E-state index contributed by atoms with van der Waals surface area (Å²) in [5, 5.41) is 7.26. The molecule has 0 bridgehead atoms. The summed E-state index contributed by atoms with van der Waals surface area (Å²) in [5.41, 5.74) is 0.971. The number of rotatable bonds is 4. The second-order valence-electron chi connectivity index (χ2n) is 3.64. The van der Waals surface area contributed by atoms with Crippen molar-refractivity contribution in [1.82, 2.24) is 20.1 Å². The van der Waals surface area contributed by atoms with Gasteiger partial charge in [0.1, 0.15) is 12.1 Å². The Bertz CT molecular complexity index is 512. The van der Waals surface area contributed by atoms with Crippen molar-refractivity contribution >= 4 is 15.9 Å². The topological polar surface area (TPSA) is 42.7 Å². The zero-order chi connectivity index (χ0) is 12.3. The van der Waals surface area contributed by atoms with E-state index in [1.165, 1.54) is 6.07 Å². The third-order valence-electron chi connectivity index (χ3n) is 2.25. The van der Waals surface area contributed by atoms with Gasteiger partial charge in [-0.2, -0.15) is 5.10 Å². The van der Waals surface area contributed by atoms with Gasteiger partial charge in [0.25, 0.3) is 0 Å². The maximum atomic E-state index is 13.1. The number of hydrogen-bond acceptors (Lipinski definition) is 3. The van der Waals surface area contributed by atoms with Gasteiger partial charge < -0.3 is 5.32 Å². The van der Waals surface area contributed by atoms with Crippen LogP contribution in [0, 0.1) is 5.82 Å². The van der Waals surface area contributed by atoms with Gasteiger partial charge in [0.05, 0.1) is 17.6 Å². The first-order chi connectivity index (χ1) is 8.19. The van der Waals surface area contributed by atoms with Crippen molar-refractivity contribution in [2.24, 2.45) is 0 Å². The van der Waals surface area contributed by atoms with E-state index in [2.05, 4.69) is 31.3 Å². The molecular weight excluding hydrogens is 287 g/mol. The van der Waals surface area contributed by atoms with Crippen molar-refractivity contribution in [3.63, 3.8) is 0 Å². The molecule has 1 heterocycles. The molecule has 1 aromatic heterocycles. The minimum atomic E-state index is -0.261. The maximum absolute atomic E-state index is 13.1. The standard InChI is InChI=1S/C11H12BrFN4/c1-14-5-11-15-7-17(16-11)6-8-2-3-10(13)9(12)4-8/h2-4,7,14H,5-6H2,1H3. The van der Waals surface area contributed by atoms with Crippen molar-refractivity contribution in [2.45, 2.75) is 13.1 Å². The van der Waals surface area contributed by atoms with Crippen molar-refractivity contribution in [3.8, 4) is 0 Å². The summed E-state index contributed by atoms with van der Waals surface area (Å²) in [6.45, 7) is 1.22. The maximum Gasteiger partial charge on any atom is 0.164 e. The minimum Gasteiger partial charge on any atom is -0.313 e. The summed E-state index contributed by atoms with van der Waals surface area (Å²) in [4.78, 5) is 4.15. The van der Waals surface area contributed by atoms with Crippen molar-refractivity contribution < 1.29 is 4.39 Å². The molecule has 0 aliphatic rings. The summed E-state index contributed by atoms with van der Waals surface area (Å²) >= 11 is 3.16. The number of benzene rings is 1. The third-order valence-corrected chi connectivity index (χ3v) is 2.86. The fraction of sp³-hybridized carbons (Fsp3) is 0.273. The fourth-order valence-corrected chi connectivity index (χ4v) is 1.90. The highest BCUT2D eigenvalue weighted by Crippen LogP contribution is 2.17. The largest absolute Gasteiger partial charge is 0.313 e. The Labute approximate surface area is 107 Å². The van der Waals surface area contributed by atoms with Crippen molar-refractivity contribution in [3.05, 3.63) is 46.2 Å². The summed E-state index contributed by atoms with van der Waals surface area (Å²) in [5.74, 6) is 0.483. The molecular formula is C11H12BrFN4. The predicted molar refractivity (Wildman–Crippen MR) is 66.0 cm³/mol. The second-order valence-corrected chi connectivity index (χ2v) is 4.49. The van der Waals surface area contributed by atoms with Crippen LogP contribution in [0.5, 0.6) is 0 Å². The number of nitrogens with one attached hydrogen (secondary N) is 1. The Balaban J connectivity index is 2.11. The number of nitrogens with zero attached hydrogens (tertiary/aromatic N) is 3. The van der Waals surface area contributed by atoms with E-state index in [1.807, 2.05) is 7.05 Å². The Kier molecular flexibility index (Phi) is 3.86. The van der Waals surface area contributed by atoms with Gasteiger partial charge >= 0.3 is 0 Å². The summed E-state index contributed by atoms with van der Waals surface area (Å²) in [6.07, 6.45) is 1.67. The Morgan fingerprint density at radius 3 is 3.00 bits per heavy atom. The third kappa shape index (κ3) is 3.10. The molecule has 2 rings (SSSR count). The molecule has 0 radical (unpaired) electrons. The van der Waals surface area contributed by atoms with Gasteiger partial charge in [-0.3, -0.25) is 0 Å². The fourth-order valence-electron chi connectivity index (χ4n) is 1.47. The molecule has 0 aliphatic carbocycles. The van der Waals surface area contributed by atoms with Gasteiger partial charge in [-0.15, -0.1) is 0 Å². The molecule has 90 valence electrons. The number of aromatic nitrogens is 3. The molecule has 0 amide bonds. The predicted octanol–water partition coefficient (Wildman–Crippen LogP) is 1.95. The Morgan fingerprint density at radius 1 is 1.47 bits per heavy atom. The molecule has 0 unspecified atom stereocenters. The molecule has 1 N–H and O–H groups in total. The zero-order valence-corrected chi connectivity index (χ0v) is 10.9. The molecule has 6 heteroatoms. The normalized spacial score (nSPS) is 10.8. The quantitative estimate of drug-likeness (QED) is 0.938. The Morgan fingerprint density at radius 2 is 2.29 bits per heavy atom. The van der Waals surface area contributed by atoms with E-state index in [0.717, 1.165) is 11.4 Å². The number of halogens is 2. The Hall–Kier alpha value is -1.27. The van der Waals surface area contributed by atoms with E-state index < -0.39 is 0 Å². The van der Waals surface area contributed by atoms with Gasteiger partial charge in [0.2, 0.25) is 0 Å². The first kappa shape index (κ1) is 12.2.